The van der Waals surface area contributed by atoms with E-state index in [4.69, 9.17) is 0 Å². The summed E-state index contributed by atoms with van der Waals surface area (Å²) >= 11 is 1.48. The summed E-state index contributed by atoms with van der Waals surface area (Å²) < 4.78 is 0. The molecule has 0 fully saturated rings. The zero-order chi connectivity index (χ0) is 15.4. The van der Waals surface area contributed by atoms with Crippen LogP contribution in [0, 0.1) is 28.4 Å². The highest BCUT2D eigenvalue weighted by Gasteiger charge is 2.12. The summed E-state index contributed by atoms with van der Waals surface area (Å²) in [6.07, 6.45) is 1.90. The van der Waals surface area contributed by atoms with Crippen LogP contribution in [0.1, 0.15) is 11.1 Å². The molecule has 106 valence electrons. The van der Waals surface area contributed by atoms with Gasteiger partial charge in [-0.05, 0) is 31.4 Å². The zero-order valence-electron chi connectivity index (χ0n) is 11.6. The Morgan fingerprint density at radius 1 is 1.33 bits per heavy atom. The first-order chi connectivity index (χ1) is 10.1. The molecule has 6 heteroatoms. The van der Waals surface area contributed by atoms with E-state index in [-0.39, 0.29) is 5.69 Å². The molecule has 21 heavy (non-hydrogen) atoms. The minimum absolute atomic E-state index is 0.0551. The van der Waals surface area contributed by atoms with Gasteiger partial charge in [-0.1, -0.05) is 12.1 Å². The van der Waals surface area contributed by atoms with Crippen LogP contribution in [0.15, 0.2) is 41.3 Å². The molecule has 0 saturated heterocycles. The third-order valence-corrected chi connectivity index (χ3v) is 3.82. The number of anilines is 2. The average molecular weight is 299 g/mol. The Morgan fingerprint density at radius 3 is 2.71 bits per heavy atom. The van der Waals surface area contributed by atoms with Gasteiger partial charge in [-0.3, -0.25) is 10.1 Å². The number of aryl methyl sites for hydroxylation is 1. The van der Waals surface area contributed by atoms with Gasteiger partial charge >= 0.3 is 0 Å². The molecule has 0 radical (unpaired) electrons. The minimum atomic E-state index is -0.413. The maximum absolute atomic E-state index is 11.0. The summed E-state index contributed by atoms with van der Waals surface area (Å²) in [5, 5.41) is 23.3. The second kappa shape index (κ2) is 6.29. The van der Waals surface area contributed by atoms with E-state index in [1.165, 1.54) is 17.8 Å². The molecule has 0 spiro atoms. The fourth-order valence-electron chi connectivity index (χ4n) is 1.96. The van der Waals surface area contributed by atoms with Crippen molar-refractivity contribution in [1.82, 2.24) is 0 Å². The topological polar surface area (TPSA) is 79.0 Å². The SMILES string of the molecule is CSc1cccc(Nc2ccc(C)c([N+](=O)[O-])c2)c1C#N. The average Bonchev–Trinajstić information content (AvgIpc) is 2.48. The van der Waals surface area contributed by atoms with Crippen LogP contribution >= 0.6 is 11.8 Å². The molecule has 1 N–H and O–H groups in total. The van der Waals surface area contributed by atoms with Gasteiger partial charge in [0.15, 0.2) is 0 Å². The summed E-state index contributed by atoms with van der Waals surface area (Å²) in [6.45, 7) is 1.69. The molecule has 2 aromatic rings. The first-order valence-corrected chi connectivity index (χ1v) is 7.38. The predicted molar refractivity (Wildman–Crippen MR) is 84.1 cm³/mol. The standard InChI is InChI=1S/C15H13N3O2S/c1-10-6-7-11(8-14(10)18(19)20)17-13-4-3-5-15(21-2)12(13)9-16/h3-8,17H,1-2H3. The highest BCUT2D eigenvalue weighted by molar-refractivity contribution is 7.98. The Labute approximate surface area is 126 Å². The number of nitro benzene ring substituents is 1. The maximum atomic E-state index is 11.0. The fraction of sp³-hybridized carbons (Fsp3) is 0.133. The second-order valence-corrected chi connectivity index (χ2v) is 5.23. The first-order valence-electron chi connectivity index (χ1n) is 6.16. The lowest BCUT2D eigenvalue weighted by atomic mass is 10.1. The third kappa shape index (κ3) is 3.15. The Bertz CT molecular complexity index is 738. The van der Waals surface area contributed by atoms with Gasteiger partial charge in [0.25, 0.3) is 5.69 Å². The summed E-state index contributed by atoms with van der Waals surface area (Å²) in [7, 11) is 0. The Hall–Kier alpha value is -2.52. The quantitative estimate of drug-likeness (QED) is 0.519. The third-order valence-electron chi connectivity index (χ3n) is 3.04. The number of nitrogens with one attached hydrogen (secondary N) is 1. The molecule has 0 heterocycles. The summed E-state index contributed by atoms with van der Waals surface area (Å²) in [4.78, 5) is 11.4. The van der Waals surface area contributed by atoms with Crippen LogP contribution in [0.25, 0.3) is 0 Å². The molecule has 0 bridgehead atoms. The molecular weight excluding hydrogens is 286 g/mol. The van der Waals surface area contributed by atoms with Gasteiger partial charge in [0.05, 0.1) is 16.2 Å². The molecule has 2 aromatic carbocycles. The molecule has 0 saturated carbocycles. The molecule has 0 aliphatic heterocycles. The van der Waals surface area contributed by atoms with Crippen molar-refractivity contribution in [2.75, 3.05) is 11.6 Å². The van der Waals surface area contributed by atoms with Crippen molar-refractivity contribution in [1.29, 1.82) is 5.26 Å². The summed E-state index contributed by atoms with van der Waals surface area (Å²) in [6, 6.07) is 12.6. The van der Waals surface area contributed by atoms with Gasteiger partial charge in [-0.2, -0.15) is 5.26 Å². The van der Waals surface area contributed by atoms with E-state index >= 15 is 0 Å². The Morgan fingerprint density at radius 2 is 2.10 bits per heavy atom. The molecular formula is C15H13N3O2S. The van der Waals surface area contributed by atoms with Gasteiger partial charge < -0.3 is 5.32 Å². The van der Waals surface area contributed by atoms with Crippen molar-refractivity contribution in [2.24, 2.45) is 0 Å². The number of nitriles is 1. The van der Waals surface area contributed by atoms with Crippen LogP contribution in [-0.2, 0) is 0 Å². The normalized spacial score (nSPS) is 9.95. The number of thioether (sulfide) groups is 1. The molecule has 0 amide bonds. The van der Waals surface area contributed by atoms with Crippen molar-refractivity contribution in [3.63, 3.8) is 0 Å². The van der Waals surface area contributed by atoms with Crippen LogP contribution in [0.2, 0.25) is 0 Å². The van der Waals surface area contributed by atoms with E-state index in [1.807, 2.05) is 18.4 Å². The number of benzene rings is 2. The van der Waals surface area contributed by atoms with Gasteiger partial charge in [0.2, 0.25) is 0 Å². The van der Waals surface area contributed by atoms with E-state index in [2.05, 4.69) is 11.4 Å². The number of nitrogens with zero attached hydrogens (tertiary/aromatic N) is 2. The van der Waals surface area contributed by atoms with Crippen LogP contribution in [0.4, 0.5) is 17.1 Å². The van der Waals surface area contributed by atoms with E-state index in [9.17, 15) is 15.4 Å². The number of rotatable bonds is 4. The Kier molecular flexibility index (Phi) is 4.45. The zero-order valence-corrected chi connectivity index (χ0v) is 12.4. The van der Waals surface area contributed by atoms with Gasteiger partial charge in [-0.15, -0.1) is 11.8 Å². The largest absolute Gasteiger partial charge is 0.354 e. The van der Waals surface area contributed by atoms with Gasteiger partial charge in [-0.25, -0.2) is 0 Å². The second-order valence-electron chi connectivity index (χ2n) is 4.38. The summed E-state index contributed by atoms with van der Waals surface area (Å²) in [5.41, 5.74) is 2.42. The van der Waals surface area contributed by atoms with Crippen molar-refractivity contribution < 1.29 is 4.92 Å². The monoisotopic (exact) mass is 299 g/mol. The van der Waals surface area contributed by atoms with E-state index in [0.29, 0.717) is 22.5 Å². The van der Waals surface area contributed by atoms with Crippen LogP contribution < -0.4 is 5.32 Å². The Balaban J connectivity index is 2.42. The van der Waals surface area contributed by atoms with E-state index < -0.39 is 4.92 Å². The molecule has 0 unspecified atom stereocenters. The van der Waals surface area contributed by atoms with Crippen molar-refractivity contribution >= 4 is 28.8 Å². The lowest BCUT2D eigenvalue weighted by molar-refractivity contribution is -0.385. The lowest BCUT2D eigenvalue weighted by Crippen LogP contribution is -1.97. The van der Waals surface area contributed by atoms with Gasteiger partial charge in [0.1, 0.15) is 6.07 Å². The van der Waals surface area contributed by atoms with Crippen molar-refractivity contribution in [3.05, 3.63) is 57.6 Å². The van der Waals surface area contributed by atoms with Crippen molar-refractivity contribution in [3.8, 4) is 6.07 Å². The maximum Gasteiger partial charge on any atom is 0.274 e. The van der Waals surface area contributed by atoms with Crippen LogP contribution in [0.3, 0.4) is 0 Å². The van der Waals surface area contributed by atoms with Crippen LogP contribution in [0.5, 0.6) is 0 Å². The highest BCUT2D eigenvalue weighted by atomic mass is 32.2. The molecule has 2 rings (SSSR count). The van der Waals surface area contributed by atoms with E-state index in [1.54, 1.807) is 25.1 Å². The predicted octanol–water partition coefficient (Wildman–Crippen LogP) is 4.24. The summed E-state index contributed by atoms with van der Waals surface area (Å²) in [5.74, 6) is 0. The lowest BCUT2D eigenvalue weighted by Gasteiger charge is -2.11. The molecule has 0 aliphatic rings. The fourth-order valence-corrected chi connectivity index (χ4v) is 2.53. The smallest absolute Gasteiger partial charge is 0.274 e. The molecule has 0 aromatic heterocycles. The number of nitro groups is 1. The van der Waals surface area contributed by atoms with Gasteiger partial charge in [0, 0.05) is 22.2 Å². The van der Waals surface area contributed by atoms with Crippen molar-refractivity contribution in [2.45, 2.75) is 11.8 Å². The molecule has 0 atom stereocenters. The molecule has 5 nitrogen and oxygen atoms in total. The number of hydrogen-bond acceptors (Lipinski definition) is 5. The van der Waals surface area contributed by atoms with E-state index in [0.717, 1.165) is 4.90 Å². The minimum Gasteiger partial charge on any atom is -0.354 e. The van der Waals surface area contributed by atoms with Crippen LogP contribution in [-0.4, -0.2) is 11.2 Å². The highest BCUT2D eigenvalue weighted by Crippen LogP contribution is 2.30. The number of hydrogen-bond donors (Lipinski definition) is 1. The first kappa shape index (κ1) is 14.9. The molecule has 0 aliphatic carbocycles.